The lowest BCUT2D eigenvalue weighted by atomic mass is 9.49. The van der Waals surface area contributed by atoms with Crippen molar-refractivity contribution in [2.24, 2.45) is 16.7 Å². The second-order valence-electron chi connectivity index (χ2n) is 15.3. The van der Waals surface area contributed by atoms with E-state index >= 15 is 0 Å². The molecule has 0 unspecified atom stereocenters. The van der Waals surface area contributed by atoms with Crippen LogP contribution < -0.4 is 0 Å². The van der Waals surface area contributed by atoms with Crippen molar-refractivity contribution in [1.29, 1.82) is 0 Å². The molecule has 2 saturated carbocycles. The molecule has 0 spiro atoms. The second kappa shape index (κ2) is 13.7. The van der Waals surface area contributed by atoms with Gasteiger partial charge in [-0.15, -0.1) is 0 Å². The molecule has 1 saturated heterocycles. The summed E-state index contributed by atoms with van der Waals surface area (Å²) in [7, 11) is 0. The van der Waals surface area contributed by atoms with Crippen molar-refractivity contribution in [2.45, 2.75) is 109 Å². The minimum absolute atomic E-state index is 0.0467. The first-order valence-electron chi connectivity index (χ1n) is 17.7. The SMILES string of the molecule is CC(=O)O[C@H]1C[C@]2(C(C)(C)O)C(=C1C)[C@@H](O)[C@H](OC(=O)c1ccccc1)[C@]1(C)[C@@H](OC(C)=O)C[C@H]3OC[C@@]3(OC(C)=O)[C@H]1[C@H]2OC(=O)c1ccccc1. The van der Waals surface area contributed by atoms with Gasteiger partial charge in [0.05, 0.1) is 40.1 Å². The van der Waals surface area contributed by atoms with E-state index in [1.54, 1.807) is 62.4 Å². The molecular formula is C40H46O13. The molecule has 53 heavy (non-hydrogen) atoms. The third kappa shape index (κ3) is 6.12. The molecule has 284 valence electrons. The predicted octanol–water partition coefficient (Wildman–Crippen LogP) is 3.88. The molecule has 10 atom stereocenters. The molecule has 0 radical (unpaired) electrons. The van der Waals surface area contributed by atoms with Gasteiger partial charge in [-0.25, -0.2) is 9.59 Å². The Bertz CT molecular complexity index is 1820. The fourth-order valence-electron chi connectivity index (χ4n) is 9.60. The number of carbonyl (C=O) groups is 5. The monoisotopic (exact) mass is 734 g/mol. The van der Waals surface area contributed by atoms with E-state index in [4.69, 9.17) is 28.4 Å². The number of hydrogen-bond acceptors (Lipinski definition) is 13. The summed E-state index contributed by atoms with van der Waals surface area (Å²) in [6.07, 6.45) is -8.24. The van der Waals surface area contributed by atoms with Gasteiger partial charge in [0, 0.05) is 33.6 Å². The first-order valence-corrected chi connectivity index (χ1v) is 17.7. The van der Waals surface area contributed by atoms with Crippen LogP contribution in [0.1, 0.15) is 82.0 Å². The molecule has 2 aromatic carbocycles. The van der Waals surface area contributed by atoms with Gasteiger partial charge in [0.1, 0.15) is 36.6 Å². The number of ether oxygens (including phenoxy) is 6. The van der Waals surface area contributed by atoms with Crippen molar-refractivity contribution in [3.05, 3.63) is 82.9 Å². The number of aliphatic hydroxyl groups is 2. The average Bonchev–Trinajstić information content (AvgIpc) is 3.35. The van der Waals surface area contributed by atoms with Gasteiger partial charge < -0.3 is 38.6 Å². The zero-order valence-electron chi connectivity index (χ0n) is 30.8. The average molecular weight is 735 g/mol. The molecule has 13 nitrogen and oxygen atoms in total. The van der Waals surface area contributed by atoms with Gasteiger partial charge in [-0.05, 0) is 56.2 Å². The minimum Gasteiger partial charge on any atom is -0.462 e. The summed E-state index contributed by atoms with van der Waals surface area (Å²) >= 11 is 0. The van der Waals surface area contributed by atoms with Gasteiger partial charge in [-0.3, -0.25) is 14.4 Å². The third-order valence-corrected chi connectivity index (χ3v) is 11.8. The second-order valence-corrected chi connectivity index (χ2v) is 15.3. The number of rotatable bonds is 8. The van der Waals surface area contributed by atoms with E-state index in [1.807, 2.05) is 0 Å². The molecule has 3 fully saturated rings. The highest BCUT2D eigenvalue weighted by Gasteiger charge is 2.80. The molecule has 0 bridgehead atoms. The topological polar surface area (TPSA) is 181 Å². The van der Waals surface area contributed by atoms with Crippen LogP contribution in [0, 0.1) is 16.7 Å². The molecule has 2 aromatic rings. The quantitative estimate of drug-likeness (QED) is 0.227. The smallest absolute Gasteiger partial charge is 0.338 e. The van der Waals surface area contributed by atoms with Gasteiger partial charge in [-0.2, -0.15) is 0 Å². The Balaban J connectivity index is 1.71. The first-order chi connectivity index (χ1) is 24.9. The lowest BCUT2D eigenvalue weighted by Gasteiger charge is -2.65. The summed E-state index contributed by atoms with van der Waals surface area (Å²) in [4.78, 5) is 66.9. The summed E-state index contributed by atoms with van der Waals surface area (Å²) in [6, 6.07) is 16.2. The summed E-state index contributed by atoms with van der Waals surface area (Å²) in [5.74, 6) is -4.96. The molecule has 4 aliphatic rings. The summed E-state index contributed by atoms with van der Waals surface area (Å²) in [5, 5.41) is 25.4. The van der Waals surface area contributed by atoms with Crippen LogP contribution in [0.4, 0.5) is 0 Å². The number of fused-ring (bicyclic) bond motifs is 4. The van der Waals surface area contributed by atoms with Crippen molar-refractivity contribution in [2.75, 3.05) is 6.61 Å². The first kappa shape index (κ1) is 38.1. The standard InChI is InChI=1S/C40H46O13/c1-21-27(49-22(2)41)19-39(37(5,6)47)30(21)31(44)33(51-35(45)25-14-10-8-11-15-25)38(7)28(50-23(3)42)18-29-40(20-48-29,53-24(4)43)32(38)34(39)52-36(46)26-16-12-9-13-17-26/h8-17,27-29,31-34,44,47H,18-20H2,1-7H3/t27-,28-,29+,31+,32-,33-,34+,38+,39-,40-/m0/s1. The molecule has 6 rings (SSSR count). The number of carbonyl (C=O) groups excluding carboxylic acids is 5. The fraction of sp³-hybridized carbons (Fsp3) is 0.525. The van der Waals surface area contributed by atoms with E-state index < -0.39 is 94.4 Å². The van der Waals surface area contributed by atoms with Crippen molar-refractivity contribution in [3.63, 3.8) is 0 Å². The van der Waals surface area contributed by atoms with E-state index in [9.17, 15) is 34.2 Å². The highest BCUT2D eigenvalue weighted by atomic mass is 16.6. The van der Waals surface area contributed by atoms with E-state index in [2.05, 4.69) is 0 Å². The zero-order valence-corrected chi connectivity index (χ0v) is 30.8. The maximum Gasteiger partial charge on any atom is 0.338 e. The molecule has 3 aliphatic carbocycles. The maximum atomic E-state index is 14.3. The number of esters is 5. The number of aliphatic hydroxyl groups excluding tert-OH is 1. The Morgan fingerprint density at radius 2 is 1.32 bits per heavy atom. The molecule has 13 heteroatoms. The van der Waals surface area contributed by atoms with E-state index in [-0.39, 0.29) is 36.1 Å². The van der Waals surface area contributed by atoms with Crippen LogP contribution in [0.5, 0.6) is 0 Å². The zero-order chi connectivity index (χ0) is 38.7. The minimum atomic E-state index is -1.88. The highest BCUT2D eigenvalue weighted by Crippen LogP contribution is 2.68. The summed E-state index contributed by atoms with van der Waals surface area (Å²) < 4.78 is 37.1. The Labute approximate surface area is 307 Å². The van der Waals surface area contributed by atoms with Gasteiger partial charge in [0.25, 0.3) is 0 Å². The lowest BCUT2D eigenvalue weighted by molar-refractivity contribution is -0.351. The van der Waals surface area contributed by atoms with Crippen LogP contribution in [-0.4, -0.2) is 94.5 Å². The normalized spacial score (nSPS) is 34.5. The number of benzene rings is 2. The van der Waals surface area contributed by atoms with Gasteiger partial charge in [0.2, 0.25) is 0 Å². The van der Waals surface area contributed by atoms with Crippen molar-refractivity contribution in [1.82, 2.24) is 0 Å². The van der Waals surface area contributed by atoms with E-state index in [0.717, 1.165) is 0 Å². The summed E-state index contributed by atoms with van der Waals surface area (Å²) in [6.45, 7) is 9.69. The Kier molecular flexibility index (Phi) is 9.84. The summed E-state index contributed by atoms with van der Waals surface area (Å²) in [5.41, 5.74) is -6.25. The molecule has 1 aliphatic heterocycles. The van der Waals surface area contributed by atoms with Crippen LogP contribution in [0.2, 0.25) is 0 Å². The van der Waals surface area contributed by atoms with Crippen molar-refractivity contribution < 1.29 is 62.6 Å². The molecule has 2 N–H and O–H groups in total. The van der Waals surface area contributed by atoms with E-state index in [1.165, 1.54) is 46.8 Å². The van der Waals surface area contributed by atoms with Crippen LogP contribution in [0.25, 0.3) is 0 Å². The van der Waals surface area contributed by atoms with Gasteiger partial charge >= 0.3 is 29.8 Å². The Morgan fingerprint density at radius 3 is 1.77 bits per heavy atom. The Hall–Kier alpha value is -4.59. The lowest BCUT2D eigenvalue weighted by Crippen LogP contribution is -2.79. The van der Waals surface area contributed by atoms with Crippen LogP contribution >= 0.6 is 0 Å². The fourth-order valence-corrected chi connectivity index (χ4v) is 9.60. The third-order valence-electron chi connectivity index (χ3n) is 11.8. The van der Waals surface area contributed by atoms with Crippen molar-refractivity contribution >= 4 is 29.8 Å². The number of hydrogen-bond donors (Lipinski definition) is 2. The maximum absolute atomic E-state index is 14.3. The van der Waals surface area contributed by atoms with Crippen LogP contribution in [0.15, 0.2) is 71.8 Å². The van der Waals surface area contributed by atoms with Crippen LogP contribution in [0.3, 0.4) is 0 Å². The molecule has 0 aromatic heterocycles. The van der Waals surface area contributed by atoms with E-state index in [0.29, 0.717) is 5.57 Å². The largest absolute Gasteiger partial charge is 0.462 e. The highest BCUT2D eigenvalue weighted by molar-refractivity contribution is 5.90. The van der Waals surface area contributed by atoms with Gasteiger partial charge in [-0.1, -0.05) is 43.3 Å². The van der Waals surface area contributed by atoms with Crippen molar-refractivity contribution in [3.8, 4) is 0 Å². The molecular weight excluding hydrogens is 688 g/mol. The molecule has 0 amide bonds. The Morgan fingerprint density at radius 1 is 0.792 bits per heavy atom. The predicted molar refractivity (Wildman–Crippen MR) is 185 cm³/mol. The van der Waals surface area contributed by atoms with Crippen LogP contribution in [-0.2, 0) is 42.8 Å². The van der Waals surface area contributed by atoms with Gasteiger partial charge in [0.15, 0.2) is 5.60 Å². The molecule has 1 heterocycles.